The molecule has 1 aliphatic heterocycles. The number of carbonyl (C=O) groups excluding carboxylic acids is 1. The number of hydrogen-bond acceptors (Lipinski definition) is 3. The Hall–Kier alpha value is -1.10. The van der Waals surface area contributed by atoms with Crippen LogP contribution >= 0.6 is 0 Å². The maximum atomic E-state index is 11.6. The molecule has 0 aromatic carbocycles. The molecule has 1 heterocycles. The molecule has 2 N–H and O–H groups in total. The van der Waals surface area contributed by atoms with Crippen molar-refractivity contribution >= 4 is 11.9 Å². The van der Waals surface area contributed by atoms with Crippen LogP contribution in [0, 0.1) is 5.41 Å². The molecule has 0 radical (unpaired) electrons. The second-order valence-electron chi connectivity index (χ2n) is 4.93. The number of nitrogens with zero attached hydrogens (tertiary/aromatic N) is 1. The van der Waals surface area contributed by atoms with E-state index in [9.17, 15) is 9.59 Å². The topological polar surface area (TPSA) is 69.6 Å². The molecule has 1 aliphatic rings. The van der Waals surface area contributed by atoms with Crippen LogP contribution in [0.3, 0.4) is 0 Å². The first-order valence-electron chi connectivity index (χ1n) is 5.57. The van der Waals surface area contributed by atoms with Gasteiger partial charge in [0.1, 0.15) is 0 Å². The van der Waals surface area contributed by atoms with Crippen LogP contribution in [-0.4, -0.2) is 48.1 Å². The SMILES string of the molecule is CNC(=O)C1CCCN1CC(C)(C)C(=O)O. The molecule has 0 saturated carbocycles. The number of likely N-dealkylation sites (tertiary alicyclic amines) is 1. The third-order valence-corrected chi connectivity index (χ3v) is 3.09. The van der Waals surface area contributed by atoms with Gasteiger partial charge in [0.05, 0.1) is 11.5 Å². The van der Waals surface area contributed by atoms with Crippen LogP contribution in [0.15, 0.2) is 0 Å². The highest BCUT2D eigenvalue weighted by atomic mass is 16.4. The molecule has 16 heavy (non-hydrogen) atoms. The predicted molar refractivity (Wildman–Crippen MR) is 60.1 cm³/mol. The van der Waals surface area contributed by atoms with E-state index in [0.717, 1.165) is 19.4 Å². The molecule has 0 aromatic heterocycles. The lowest BCUT2D eigenvalue weighted by atomic mass is 9.93. The van der Waals surface area contributed by atoms with Crippen molar-refractivity contribution in [3.63, 3.8) is 0 Å². The van der Waals surface area contributed by atoms with E-state index in [4.69, 9.17) is 5.11 Å². The van der Waals surface area contributed by atoms with Crippen molar-refractivity contribution in [2.45, 2.75) is 32.7 Å². The molecule has 92 valence electrons. The Kier molecular flexibility index (Phi) is 3.91. The molecule has 5 nitrogen and oxygen atoms in total. The van der Waals surface area contributed by atoms with Crippen molar-refractivity contribution in [3.05, 3.63) is 0 Å². The van der Waals surface area contributed by atoms with Crippen LogP contribution in [0.4, 0.5) is 0 Å². The van der Waals surface area contributed by atoms with E-state index in [2.05, 4.69) is 5.32 Å². The Bertz CT molecular complexity index is 289. The zero-order chi connectivity index (χ0) is 12.3. The van der Waals surface area contributed by atoms with Crippen LogP contribution in [0.5, 0.6) is 0 Å². The van der Waals surface area contributed by atoms with Gasteiger partial charge >= 0.3 is 5.97 Å². The van der Waals surface area contributed by atoms with E-state index in [1.165, 1.54) is 0 Å². The first-order chi connectivity index (χ1) is 7.38. The van der Waals surface area contributed by atoms with E-state index in [1.807, 2.05) is 4.90 Å². The highest BCUT2D eigenvalue weighted by molar-refractivity contribution is 5.82. The summed E-state index contributed by atoms with van der Waals surface area (Å²) in [6, 6.07) is -0.163. The zero-order valence-electron chi connectivity index (χ0n) is 10.1. The van der Waals surface area contributed by atoms with E-state index >= 15 is 0 Å². The molecule has 0 aromatic rings. The minimum absolute atomic E-state index is 0.0151. The normalized spacial score (nSPS) is 22.1. The fourth-order valence-electron chi connectivity index (χ4n) is 2.05. The Labute approximate surface area is 95.8 Å². The van der Waals surface area contributed by atoms with Gasteiger partial charge in [-0.05, 0) is 33.2 Å². The average Bonchev–Trinajstić information content (AvgIpc) is 2.63. The first kappa shape index (κ1) is 13.0. The Balaban J connectivity index is 2.66. The Morgan fingerprint density at radius 3 is 2.62 bits per heavy atom. The summed E-state index contributed by atoms with van der Waals surface area (Å²) in [5, 5.41) is 11.7. The summed E-state index contributed by atoms with van der Waals surface area (Å²) in [5.74, 6) is -0.839. The molecule has 0 spiro atoms. The van der Waals surface area contributed by atoms with Gasteiger partial charge in [0.15, 0.2) is 0 Å². The predicted octanol–water partition coefficient (Wildman–Crippen LogP) is 0.308. The van der Waals surface area contributed by atoms with Gasteiger partial charge in [0.2, 0.25) is 5.91 Å². The molecular weight excluding hydrogens is 208 g/mol. The monoisotopic (exact) mass is 228 g/mol. The zero-order valence-corrected chi connectivity index (χ0v) is 10.1. The fourth-order valence-corrected chi connectivity index (χ4v) is 2.05. The average molecular weight is 228 g/mol. The first-order valence-corrected chi connectivity index (χ1v) is 5.57. The lowest BCUT2D eigenvalue weighted by molar-refractivity contribution is -0.148. The van der Waals surface area contributed by atoms with Gasteiger partial charge in [-0.3, -0.25) is 14.5 Å². The second-order valence-corrected chi connectivity index (χ2v) is 4.93. The molecule has 1 saturated heterocycles. The Morgan fingerprint density at radius 2 is 2.12 bits per heavy atom. The second kappa shape index (κ2) is 4.82. The Morgan fingerprint density at radius 1 is 1.50 bits per heavy atom. The number of carboxylic acid groups (broad SMARTS) is 1. The van der Waals surface area contributed by atoms with Gasteiger partial charge in [-0.1, -0.05) is 0 Å². The van der Waals surface area contributed by atoms with E-state index < -0.39 is 11.4 Å². The van der Waals surface area contributed by atoms with Crippen molar-refractivity contribution in [1.29, 1.82) is 0 Å². The number of rotatable bonds is 4. The molecule has 1 amide bonds. The van der Waals surface area contributed by atoms with Crippen molar-refractivity contribution < 1.29 is 14.7 Å². The third kappa shape index (κ3) is 2.72. The quantitative estimate of drug-likeness (QED) is 0.726. The number of hydrogen-bond donors (Lipinski definition) is 2. The van der Waals surface area contributed by atoms with Crippen LogP contribution in [0.2, 0.25) is 0 Å². The summed E-state index contributed by atoms with van der Waals surface area (Å²) in [5.41, 5.74) is -0.809. The lowest BCUT2D eigenvalue weighted by Crippen LogP contribution is -2.47. The molecule has 1 fully saturated rings. The van der Waals surface area contributed by atoms with Gasteiger partial charge in [0.25, 0.3) is 0 Å². The molecule has 5 heteroatoms. The van der Waals surface area contributed by atoms with Crippen LogP contribution in [0.25, 0.3) is 0 Å². The van der Waals surface area contributed by atoms with Crippen LogP contribution in [0.1, 0.15) is 26.7 Å². The maximum Gasteiger partial charge on any atom is 0.310 e. The minimum atomic E-state index is -0.824. The van der Waals surface area contributed by atoms with E-state index in [0.29, 0.717) is 6.54 Å². The van der Waals surface area contributed by atoms with Gasteiger partial charge in [-0.25, -0.2) is 0 Å². The number of likely N-dealkylation sites (N-methyl/N-ethyl adjacent to an activating group) is 1. The summed E-state index contributed by atoms with van der Waals surface area (Å²) in [7, 11) is 1.61. The standard InChI is InChI=1S/C11H20N2O3/c1-11(2,10(15)16)7-13-6-4-5-8(13)9(14)12-3/h8H,4-7H2,1-3H3,(H,12,14)(H,15,16). The van der Waals surface area contributed by atoms with Crippen molar-refractivity contribution in [2.75, 3.05) is 20.1 Å². The third-order valence-electron chi connectivity index (χ3n) is 3.09. The fraction of sp³-hybridized carbons (Fsp3) is 0.818. The van der Waals surface area contributed by atoms with Gasteiger partial charge in [-0.15, -0.1) is 0 Å². The molecule has 1 rings (SSSR count). The highest BCUT2D eigenvalue weighted by Gasteiger charge is 2.37. The van der Waals surface area contributed by atoms with Crippen LogP contribution < -0.4 is 5.32 Å². The number of carbonyl (C=O) groups is 2. The van der Waals surface area contributed by atoms with Gasteiger partial charge < -0.3 is 10.4 Å². The largest absolute Gasteiger partial charge is 0.481 e. The number of carboxylic acids is 1. The molecule has 1 unspecified atom stereocenters. The molecule has 1 atom stereocenters. The highest BCUT2D eigenvalue weighted by Crippen LogP contribution is 2.24. The van der Waals surface area contributed by atoms with Crippen LogP contribution in [-0.2, 0) is 9.59 Å². The van der Waals surface area contributed by atoms with E-state index in [1.54, 1.807) is 20.9 Å². The van der Waals surface area contributed by atoms with Crippen molar-refractivity contribution in [1.82, 2.24) is 10.2 Å². The number of aliphatic carboxylic acids is 1. The van der Waals surface area contributed by atoms with Gasteiger partial charge in [-0.2, -0.15) is 0 Å². The molecule has 0 aliphatic carbocycles. The summed E-state index contributed by atoms with van der Waals surface area (Å²) in [4.78, 5) is 24.6. The van der Waals surface area contributed by atoms with E-state index in [-0.39, 0.29) is 11.9 Å². The van der Waals surface area contributed by atoms with Crippen molar-refractivity contribution in [3.8, 4) is 0 Å². The minimum Gasteiger partial charge on any atom is -0.481 e. The van der Waals surface area contributed by atoms with Gasteiger partial charge in [0, 0.05) is 13.6 Å². The summed E-state index contributed by atoms with van der Waals surface area (Å²) < 4.78 is 0. The maximum absolute atomic E-state index is 11.6. The lowest BCUT2D eigenvalue weighted by Gasteiger charge is -2.30. The summed E-state index contributed by atoms with van der Waals surface area (Å²) in [6.45, 7) is 4.60. The molecule has 0 bridgehead atoms. The summed E-state index contributed by atoms with van der Waals surface area (Å²) in [6.07, 6.45) is 1.77. The number of nitrogens with one attached hydrogen (secondary N) is 1. The van der Waals surface area contributed by atoms with Crippen molar-refractivity contribution in [2.24, 2.45) is 5.41 Å². The molecular formula is C11H20N2O3. The smallest absolute Gasteiger partial charge is 0.310 e. The number of amides is 1. The summed E-state index contributed by atoms with van der Waals surface area (Å²) >= 11 is 0.